The van der Waals surface area contributed by atoms with Crippen molar-refractivity contribution in [3.63, 3.8) is 0 Å². The van der Waals surface area contributed by atoms with E-state index < -0.39 is 11.8 Å². The quantitative estimate of drug-likeness (QED) is 0.477. The number of thiocarbonyl (C=S) groups is 1. The molecule has 0 aromatic heterocycles. The average molecular weight is 401 g/mol. The van der Waals surface area contributed by atoms with E-state index in [2.05, 4.69) is 5.32 Å². The number of carbonyl (C=O) groups is 2. The number of halogens is 1. The summed E-state index contributed by atoms with van der Waals surface area (Å²) in [4.78, 5) is 26.6. The van der Waals surface area contributed by atoms with Gasteiger partial charge in [0.15, 0.2) is 16.6 Å². The molecule has 2 aromatic rings. The second-order valence-electron chi connectivity index (χ2n) is 5.84. The Labute approximate surface area is 165 Å². The Bertz CT molecular complexity index is 988. The standard InChI is InChI=1S/C19H13ClN2O4S/c20-12-2-4-13(5-3-12)22-18(24)14(17(23)21-19(22)27)9-11-1-6-15-16(10-11)26-8-7-25-15/h1-6,9-10H,7-8H2,(H,21,23,27)/b14-9-. The number of ether oxygens (including phenoxy) is 2. The molecule has 2 aliphatic heterocycles. The Balaban J connectivity index is 1.70. The van der Waals surface area contributed by atoms with Crippen LogP contribution < -0.4 is 19.7 Å². The van der Waals surface area contributed by atoms with Gasteiger partial charge >= 0.3 is 0 Å². The van der Waals surface area contributed by atoms with E-state index in [4.69, 9.17) is 33.3 Å². The van der Waals surface area contributed by atoms with Gasteiger partial charge in [0.2, 0.25) is 0 Å². The molecule has 6 nitrogen and oxygen atoms in total. The summed E-state index contributed by atoms with van der Waals surface area (Å²) in [6.45, 7) is 0.937. The average Bonchev–Trinajstić information content (AvgIpc) is 2.66. The number of nitrogens with one attached hydrogen (secondary N) is 1. The van der Waals surface area contributed by atoms with Gasteiger partial charge in [-0.05, 0) is 60.3 Å². The molecule has 0 radical (unpaired) electrons. The van der Waals surface area contributed by atoms with Crippen LogP contribution in [0, 0.1) is 0 Å². The van der Waals surface area contributed by atoms with E-state index in [9.17, 15) is 9.59 Å². The molecular formula is C19H13ClN2O4S. The third-order valence-corrected chi connectivity index (χ3v) is 4.60. The number of nitrogens with zero attached hydrogens (tertiary/aromatic N) is 1. The lowest BCUT2D eigenvalue weighted by Gasteiger charge is -2.29. The number of hydrogen-bond donors (Lipinski definition) is 1. The van der Waals surface area contributed by atoms with Crippen LogP contribution in [0.1, 0.15) is 5.56 Å². The van der Waals surface area contributed by atoms with E-state index in [1.165, 1.54) is 11.0 Å². The highest BCUT2D eigenvalue weighted by atomic mass is 35.5. The molecule has 0 unspecified atom stereocenters. The molecule has 0 saturated carbocycles. The van der Waals surface area contributed by atoms with Gasteiger partial charge in [0.05, 0.1) is 5.69 Å². The largest absolute Gasteiger partial charge is 0.486 e. The number of carbonyl (C=O) groups excluding carboxylic acids is 2. The van der Waals surface area contributed by atoms with E-state index in [1.807, 2.05) is 0 Å². The summed E-state index contributed by atoms with van der Waals surface area (Å²) in [6, 6.07) is 11.8. The van der Waals surface area contributed by atoms with Crippen molar-refractivity contribution in [3.05, 3.63) is 58.6 Å². The Morgan fingerprint density at radius 3 is 2.48 bits per heavy atom. The monoisotopic (exact) mass is 400 g/mol. The first-order valence-electron chi connectivity index (χ1n) is 8.09. The predicted octanol–water partition coefficient (Wildman–Crippen LogP) is 2.94. The molecule has 2 aliphatic rings. The number of hydrogen-bond acceptors (Lipinski definition) is 5. The van der Waals surface area contributed by atoms with Gasteiger partial charge in [0, 0.05) is 5.02 Å². The maximum Gasteiger partial charge on any atom is 0.270 e. The summed E-state index contributed by atoms with van der Waals surface area (Å²) in [6.07, 6.45) is 1.50. The van der Waals surface area contributed by atoms with Crippen molar-refractivity contribution in [2.45, 2.75) is 0 Å². The van der Waals surface area contributed by atoms with E-state index in [-0.39, 0.29) is 10.7 Å². The normalized spacial score (nSPS) is 17.9. The Morgan fingerprint density at radius 2 is 1.74 bits per heavy atom. The number of amides is 2. The zero-order valence-corrected chi connectivity index (χ0v) is 15.5. The minimum Gasteiger partial charge on any atom is -0.486 e. The van der Waals surface area contributed by atoms with Crippen LogP contribution in [0.25, 0.3) is 6.08 Å². The number of anilines is 1. The van der Waals surface area contributed by atoms with Crippen molar-refractivity contribution in [1.82, 2.24) is 5.32 Å². The van der Waals surface area contributed by atoms with Crippen LogP contribution in [-0.4, -0.2) is 30.1 Å². The van der Waals surface area contributed by atoms with Crippen LogP contribution in [0.2, 0.25) is 5.02 Å². The van der Waals surface area contributed by atoms with Gasteiger partial charge in [-0.1, -0.05) is 17.7 Å². The van der Waals surface area contributed by atoms with Crippen LogP contribution in [0.4, 0.5) is 5.69 Å². The van der Waals surface area contributed by atoms with Crippen LogP contribution in [0.15, 0.2) is 48.0 Å². The summed E-state index contributed by atoms with van der Waals surface area (Å²) in [5.41, 5.74) is 1.12. The van der Waals surface area contributed by atoms with Gasteiger partial charge in [-0.25, -0.2) is 0 Å². The number of fused-ring (bicyclic) bond motifs is 1. The van der Waals surface area contributed by atoms with Crippen LogP contribution in [-0.2, 0) is 9.59 Å². The summed E-state index contributed by atoms with van der Waals surface area (Å²) in [7, 11) is 0. The molecule has 27 heavy (non-hydrogen) atoms. The van der Waals surface area contributed by atoms with Gasteiger partial charge < -0.3 is 9.47 Å². The van der Waals surface area contributed by atoms with E-state index in [0.717, 1.165) is 0 Å². The molecule has 1 fully saturated rings. The molecule has 136 valence electrons. The fourth-order valence-electron chi connectivity index (χ4n) is 2.80. The summed E-state index contributed by atoms with van der Waals surface area (Å²) in [5.74, 6) is 0.141. The maximum absolute atomic E-state index is 12.9. The first kappa shape index (κ1) is 17.5. The lowest BCUT2D eigenvalue weighted by molar-refractivity contribution is -0.122. The zero-order valence-electron chi connectivity index (χ0n) is 13.9. The molecule has 4 rings (SSSR count). The Morgan fingerprint density at radius 1 is 1.04 bits per heavy atom. The maximum atomic E-state index is 12.9. The van der Waals surface area contributed by atoms with Crippen molar-refractivity contribution in [3.8, 4) is 11.5 Å². The molecule has 2 aromatic carbocycles. The minimum atomic E-state index is -0.551. The SMILES string of the molecule is O=C1NC(=S)N(c2ccc(Cl)cc2)C(=O)/C1=C\c1ccc2c(c1)OCCO2. The van der Waals surface area contributed by atoms with Crippen molar-refractivity contribution in [2.75, 3.05) is 18.1 Å². The fraction of sp³-hybridized carbons (Fsp3) is 0.105. The topological polar surface area (TPSA) is 67.9 Å². The summed E-state index contributed by atoms with van der Waals surface area (Å²) >= 11 is 11.1. The second-order valence-corrected chi connectivity index (χ2v) is 6.66. The van der Waals surface area contributed by atoms with E-state index in [0.29, 0.717) is 41.0 Å². The predicted molar refractivity (Wildman–Crippen MR) is 105 cm³/mol. The molecule has 0 atom stereocenters. The Hall–Kier alpha value is -2.90. The van der Waals surface area contributed by atoms with Gasteiger partial charge in [0.1, 0.15) is 18.8 Å². The molecule has 0 aliphatic carbocycles. The van der Waals surface area contributed by atoms with Gasteiger partial charge in [0.25, 0.3) is 11.8 Å². The number of rotatable bonds is 2. The molecule has 0 spiro atoms. The minimum absolute atomic E-state index is 0.0200. The second kappa shape index (κ2) is 7.02. The molecule has 1 saturated heterocycles. The third-order valence-electron chi connectivity index (χ3n) is 4.06. The van der Waals surface area contributed by atoms with Crippen molar-refractivity contribution in [2.24, 2.45) is 0 Å². The van der Waals surface area contributed by atoms with E-state index in [1.54, 1.807) is 42.5 Å². The molecule has 8 heteroatoms. The molecular weight excluding hydrogens is 388 g/mol. The highest BCUT2D eigenvalue weighted by molar-refractivity contribution is 7.80. The third kappa shape index (κ3) is 3.39. The smallest absolute Gasteiger partial charge is 0.270 e. The van der Waals surface area contributed by atoms with Crippen molar-refractivity contribution < 1.29 is 19.1 Å². The molecule has 1 N–H and O–H groups in total. The van der Waals surface area contributed by atoms with Gasteiger partial charge in [-0.2, -0.15) is 0 Å². The molecule has 2 amide bonds. The lowest BCUT2D eigenvalue weighted by Crippen LogP contribution is -2.54. The summed E-state index contributed by atoms with van der Waals surface area (Å²) in [5, 5.41) is 3.10. The first-order chi connectivity index (χ1) is 13.0. The lowest BCUT2D eigenvalue weighted by atomic mass is 10.1. The molecule has 0 bridgehead atoms. The highest BCUT2D eigenvalue weighted by Crippen LogP contribution is 2.32. The van der Waals surface area contributed by atoms with Crippen LogP contribution >= 0.6 is 23.8 Å². The van der Waals surface area contributed by atoms with Crippen LogP contribution in [0.5, 0.6) is 11.5 Å². The highest BCUT2D eigenvalue weighted by Gasteiger charge is 2.34. The molecule has 2 heterocycles. The first-order valence-corrected chi connectivity index (χ1v) is 8.88. The Kier molecular flexibility index (Phi) is 4.55. The van der Waals surface area contributed by atoms with Crippen molar-refractivity contribution >= 4 is 52.5 Å². The van der Waals surface area contributed by atoms with E-state index >= 15 is 0 Å². The number of benzene rings is 2. The fourth-order valence-corrected chi connectivity index (χ4v) is 3.21. The van der Waals surface area contributed by atoms with Gasteiger partial charge in [-0.15, -0.1) is 0 Å². The summed E-state index contributed by atoms with van der Waals surface area (Å²) < 4.78 is 11.0. The van der Waals surface area contributed by atoms with Crippen molar-refractivity contribution in [1.29, 1.82) is 0 Å². The van der Waals surface area contributed by atoms with Gasteiger partial charge in [-0.3, -0.25) is 19.8 Å². The zero-order chi connectivity index (χ0) is 19.0. The van der Waals surface area contributed by atoms with Crippen LogP contribution in [0.3, 0.4) is 0 Å².